The van der Waals surface area contributed by atoms with E-state index in [-0.39, 0.29) is 17.5 Å². The fourth-order valence-electron chi connectivity index (χ4n) is 1.65. The molecule has 0 saturated heterocycles. The van der Waals surface area contributed by atoms with Crippen molar-refractivity contribution in [1.82, 2.24) is 5.32 Å². The molecule has 1 rings (SSSR count). The van der Waals surface area contributed by atoms with Gasteiger partial charge in [-0.2, -0.15) is 13.2 Å². The minimum atomic E-state index is -4.52. The summed E-state index contributed by atoms with van der Waals surface area (Å²) in [6, 6.07) is 2.78. The van der Waals surface area contributed by atoms with E-state index in [1.54, 1.807) is 0 Å². The standard InChI is InChI=1S/C14H19F4N/c1-13(2,3)6-7-19-9-10-4-5-11(15)8-12(10)14(16,17)18/h4-5,8,19H,6-7,9H2,1-3H3. The number of alkyl halides is 3. The smallest absolute Gasteiger partial charge is 0.313 e. The van der Waals surface area contributed by atoms with Crippen LogP contribution in [0.3, 0.4) is 0 Å². The third kappa shape index (κ3) is 5.59. The van der Waals surface area contributed by atoms with Crippen molar-refractivity contribution >= 4 is 0 Å². The maximum atomic E-state index is 12.9. The normalized spacial score (nSPS) is 12.8. The fraction of sp³-hybridized carbons (Fsp3) is 0.571. The molecule has 0 unspecified atom stereocenters. The van der Waals surface area contributed by atoms with Gasteiger partial charge in [-0.15, -0.1) is 0 Å². The van der Waals surface area contributed by atoms with Crippen LogP contribution in [0.4, 0.5) is 17.6 Å². The molecular formula is C14H19F4N. The molecule has 1 aromatic carbocycles. The number of nitrogens with one attached hydrogen (secondary N) is 1. The van der Waals surface area contributed by atoms with Crippen LogP contribution < -0.4 is 5.32 Å². The van der Waals surface area contributed by atoms with Gasteiger partial charge >= 0.3 is 6.18 Å². The van der Waals surface area contributed by atoms with Gasteiger partial charge in [0, 0.05) is 6.54 Å². The zero-order valence-corrected chi connectivity index (χ0v) is 11.4. The van der Waals surface area contributed by atoms with E-state index in [0.29, 0.717) is 12.6 Å². The van der Waals surface area contributed by atoms with Gasteiger partial charge in [0.25, 0.3) is 0 Å². The first-order valence-corrected chi connectivity index (χ1v) is 6.16. The van der Waals surface area contributed by atoms with Crippen molar-refractivity contribution in [2.75, 3.05) is 6.54 Å². The van der Waals surface area contributed by atoms with E-state index in [2.05, 4.69) is 26.1 Å². The van der Waals surface area contributed by atoms with E-state index in [4.69, 9.17) is 0 Å². The van der Waals surface area contributed by atoms with Crippen LogP contribution in [0.1, 0.15) is 38.3 Å². The molecule has 108 valence electrons. The van der Waals surface area contributed by atoms with Crippen LogP contribution in [0, 0.1) is 11.2 Å². The summed E-state index contributed by atoms with van der Waals surface area (Å²) < 4.78 is 51.1. The first-order chi connectivity index (χ1) is 8.59. The quantitative estimate of drug-likeness (QED) is 0.636. The average Bonchev–Trinajstić information content (AvgIpc) is 2.23. The van der Waals surface area contributed by atoms with Crippen LogP contribution in [-0.2, 0) is 12.7 Å². The molecule has 19 heavy (non-hydrogen) atoms. The molecule has 0 aromatic heterocycles. The molecule has 0 aliphatic carbocycles. The summed E-state index contributed by atoms with van der Waals surface area (Å²) in [5.41, 5.74) is -0.707. The molecule has 0 atom stereocenters. The van der Waals surface area contributed by atoms with E-state index in [1.165, 1.54) is 6.07 Å². The molecule has 0 aliphatic rings. The minimum Gasteiger partial charge on any atom is -0.313 e. The molecule has 0 bridgehead atoms. The van der Waals surface area contributed by atoms with Gasteiger partial charge in [0.2, 0.25) is 0 Å². The van der Waals surface area contributed by atoms with Crippen molar-refractivity contribution in [3.8, 4) is 0 Å². The predicted octanol–water partition coefficient (Wildman–Crippen LogP) is 4.37. The Morgan fingerprint density at radius 3 is 2.26 bits per heavy atom. The lowest BCUT2D eigenvalue weighted by molar-refractivity contribution is -0.138. The molecule has 0 radical (unpaired) electrons. The Labute approximate surface area is 111 Å². The predicted molar refractivity (Wildman–Crippen MR) is 67.2 cm³/mol. The Hall–Kier alpha value is -1.10. The Morgan fingerprint density at radius 1 is 1.11 bits per heavy atom. The Morgan fingerprint density at radius 2 is 1.74 bits per heavy atom. The van der Waals surface area contributed by atoms with E-state index in [1.807, 2.05) is 0 Å². The Bertz CT molecular complexity index is 418. The highest BCUT2D eigenvalue weighted by Gasteiger charge is 2.33. The van der Waals surface area contributed by atoms with Gasteiger partial charge in [-0.25, -0.2) is 4.39 Å². The van der Waals surface area contributed by atoms with Crippen LogP contribution in [0.2, 0.25) is 0 Å². The van der Waals surface area contributed by atoms with Crippen molar-refractivity contribution in [2.45, 2.75) is 39.9 Å². The maximum Gasteiger partial charge on any atom is 0.416 e. The van der Waals surface area contributed by atoms with Gasteiger partial charge in [-0.3, -0.25) is 0 Å². The molecule has 5 heteroatoms. The van der Waals surface area contributed by atoms with E-state index < -0.39 is 17.6 Å². The molecule has 0 heterocycles. The molecule has 0 aliphatic heterocycles. The number of halogens is 4. The second kappa shape index (κ2) is 5.90. The molecule has 0 spiro atoms. The molecule has 1 nitrogen and oxygen atoms in total. The summed E-state index contributed by atoms with van der Waals surface area (Å²) in [6.07, 6.45) is -3.67. The van der Waals surface area contributed by atoms with Crippen molar-refractivity contribution in [1.29, 1.82) is 0 Å². The lowest BCUT2D eigenvalue weighted by atomic mass is 9.92. The summed E-state index contributed by atoms with van der Waals surface area (Å²) in [6.45, 7) is 6.90. The molecule has 1 aromatic rings. The third-order valence-electron chi connectivity index (χ3n) is 2.74. The summed E-state index contributed by atoms with van der Waals surface area (Å²) in [7, 11) is 0. The lowest BCUT2D eigenvalue weighted by Crippen LogP contribution is -2.22. The van der Waals surface area contributed by atoms with Gasteiger partial charge in [-0.1, -0.05) is 26.8 Å². The summed E-state index contributed by atoms with van der Waals surface area (Å²) in [5, 5.41) is 2.97. The minimum absolute atomic E-state index is 0.0720. The van der Waals surface area contributed by atoms with Crippen LogP contribution in [0.15, 0.2) is 18.2 Å². The highest BCUT2D eigenvalue weighted by molar-refractivity contribution is 5.30. The monoisotopic (exact) mass is 277 g/mol. The molecule has 0 saturated carbocycles. The van der Waals surface area contributed by atoms with Gasteiger partial charge in [0.15, 0.2) is 0 Å². The number of benzene rings is 1. The van der Waals surface area contributed by atoms with Crippen molar-refractivity contribution in [3.63, 3.8) is 0 Å². The SMILES string of the molecule is CC(C)(C)CCNCc1ccc(F)cc1C(F)(F)F. The number of rotatable bonds is 4. The lowest BCUT2D eigenvalue weighted by Gasteiger charge is -2.19. The van der Waals surface area contributed by atoms with Crippen molar-refractivity contribution < 1.29 is 17.6 Å². The van der Waals surface area contributed by atoms with Crippen LogP contribution in [-0.4, -0.2) is 6.54 Å². The van der Waals surface area contributed by atoms with E-state index in [9.17, 15) is 17.6 Å². The Balaban J connectivity index is 2.68. The van der Waals surface area contributed by atoms with Crippen molar-refractivity contribution in [3.05, 3.63) is 35.1 Å². The van der Waals surface area contributed by atoms with Crippen molar-refractivity contribution in [2.24, 2.45) is 5.41 Å². The highest BCUT2D eigenvalue weighted by atomic mass is 19.4. The molecular weight excluding hydrogens is 258 g/mol. The summed E-state index contributed by atoms with van der Waals surface area (Å²) in [5.74, 6) is -0.870. The number of hydrogen-bond acceptors (Lipinski definition) is 1. The second-order valence-electron chi connectivity index (χ2n) is 5.79. The van der Waals surface area contributed by atoms with Crippen LogP contribution in [0.5, 0.6) is 0 Å². The molecule has 0 fully saturated rings. The third-order valence-corrected chi connectivity index (χ3v) is 2.74. The molecule has 0 amide bonds. The first-order valence-electron chi connectivity index (χ1n) is 6.16. The second-order valence-corrected chi connectivity index (χ2v) is 5.79. The number of hydrogen-bond donors (Lipinski definition) is 1. The van der Waals surface area contributed by atoms with E-state index in [0.717, 1.165) is 12.5 Å². The van der Waals surface area contributed by atoms with Crippen LogP contribution in [0.25, 0.3) is 0 Å². The maximum absolute atomic E-state index is 12.9. The van der Waals surface area contributed by atoms with Gasteiger partial charge in [0.05, 0.1) is 5.56 Å². The fourth-order valence-corrected chi connectivity index (χ4v) is 1.65. The first kappa shape index (κ1) is 16.0. The van der Waals surface area contributed by atoms with Gasteiger partial charge < -0.3 is 5.32 Å². The van der Waals surface area contributed by atoms with Crippen LogP contribution >= 0.6 is 0 Å². The van der Waals surface area contributed by atoms with E-state index >= 15 is 0 Å². The topological polar surface area (TPSA) is 12.0 Å². The van der Waals surface area contributed by atoms with Gasteiger partial charge in [-0.05, 0) is 36.1 Å². The summed E-state index contributed by atoms with van der Waals surface area (Å²) >= 11 is 0. The molecule has 1 N–H and O–H groups in total. The Kier molecular flexibility index (Phi) is 4.96. The average molecular weight is 277 g/mol. The zero-order chi connectivity index (χ0) is 14.7. The zero-order valence-electron chi connectivity index (χ0n) is 11.4. The highest BCUT2D eigenvalue weighted by Crippen LogP contribution is 2.32. The summed E-state index contributed by atoms with van der Waals surface area (Å²) in [4.78, 5) is 0. The largest absolute Gasteiger partial charge is 0.416 e. The van der Waals surface area contributed by atoms with Gasteiger partial charge in [0.1, 0.15) is 5.82 Å².